The number of nitrogens with zero attached hydrogens (tertiary/aromatic N) is 1. The van der Waals surface area contributed by atoms with Crippen LogP contribution in [0.25, 0.3) is 0 Å². The molecule has 0 radical (unpaired) electrons. The van der Waals surface area contributed by atoms with Crippen molar-refractivity contribution < 1.29 is 41.0 Å². The number of carboxylic acids is 1. The van der Waals surface area contributed by atoms with Gasteiger partial charge in [-0.15, -0.1) is 0 Å². The lowest BCUT2D eigenvalue weighted by Gasteiger charge is -2.40. The summed E-state index contributed by atoms with van der Waals surface area (Å²) < 4.78 is 88.2. The van der Waals surface area contributed by atoms with Crippen LogP contribution in [0.15, 0.2) is 36.4 Å². The third-order valence-corrected chi connectivity index (χ3v) is 10.3. The molecule has 7 atom stereocenters. The van der Waals surface area contributed by atoms with Crippen LogP contribution >= 0.6 is 0 Å². The molecule has 228 valence electrons. The number of piperidine rings is 1. The molecule has 2 bridgehead atoms. The Hall–Kier alpha value is -2.75. The zero-order chi connectivity index (χ0) is 30.1. The van der Waals surface area contributed by atoms with Crippen LogP contribution < -0.4 is 4.74 Å². The minimum absolute atomic E-state index is 0.0300. The number of carbonyl (C=O) groups is 1. The molecule has 3 fully saturated rings. The third kappa shape index (κ3) is 5.40. The first-order valence-corrected chi connectivity index (χ1v) is 14.8. The average Bonchev–Trinajstić information content (AvgIpc) is 3.55. The van der Waals surface area contributed by atoms with Crippen molar-refractivity contribution in [3.05, 3.63) is 64.2 Å². The Morgan fingerprint density at radius 3 is 2.31 bits per heavy atom. The molecule has 2 aromatic carbocycles. The van der Waals surface area contributed by atoms with Gasteiger partial charge in [0.2, 0.25) is 0 Å². The van der Waals surface area contributed by atoms with E-state index in [-0.39, 0.29) is 35.5 Å². The maximum atomic E-state index is 13.8. The minimum atomic E-state index is -4.75. The van der Waals surface area contributed by atoms with Gasteiger partial charge in [0.05, 0.1) is 17.0 Å². The van der Waals surface area contributed by atoms with E-state index in [4.69, 9.17) is 4.74 Å². The van der Waals surface area contributed by atoms with Crippen LogP contribution in [-0.4, -0.2) is 34.7 Å². The number of aliphatic carboxylic acids is 1. The summed E-state index contributed by atoms with van der Waals surface area (Å²) in [6.07, 6.45) is -4.35. The minimum Gasteiger partial charge on any atom is -0.490 e. The molecule has 1 saturated heterocycles. The van der Waals surface area contributed by atoms with Crippen molar-refractivity contribution in [3.63, 3.8) is 0 Å². The molecular formula is C32H35F6NO3. The highest BCUT2D eigenvalue weighted by molar-refractivity contribution is 5.71. The Kier molecular flexibility index (Phi) is 7.30. The van der Waals surface area contributed by atoms with Crippen molar-refractivity contribution >= 4 is 5.97 Å². The van der Waals surface area contributed by atoms with E-state index in [2.05, 4.69) is 0 Å². The number of alkyl halides is 6. The maximum absolute atomic E-state index is 13.8. The molecule has 0 amide bonds. The number of fused-ring (bicyclic) bond motifs is 3. The quantitative estimate of drug-likeness (QED) is 0.329. The van der Waals surface area contributed by atoms with Gasteiger partial charge in [0.1, 0.15) is 11.9 Å². The number of halogens is 6. The van der Waals surface area contributed by atoms with Crippen molar-refractivity contribution in [2.45, 2.75) is 88.8 Å². The van der Waals surface area contributed by atoms with Crippen LogP contribution in [0, 0.1) is 23.7 Å². The summed E-state index contributed by atoms with van der Waals surface area (Å²) in [7, 11) is 0. The Labute approximate surface area is 241 Å². The summed E-state index contributed by atoms with van der Waals surface area (Å²) in [5, 5.41) is 9.67. The summed E-state index contributed by atoms with van der Waals surface area (Å²) in [5.74, 6) is 0.168. The molecule has 0 aromatic heterocycles. The molecule has 2 aromatic rings. The highest BCUT2D eigenvalue weighted by Crippen LogP contribution is 2.52. The van der Waals surface area contributed by atoms with Gasteiger partial charge in [0.15, 0.2) is 0 Å². The Morgan fingerprint density at radius 2 is 1.71 bits per heavy atom. The van der Waals surface area contributed by atoms with E-state index in [0.717, 1.165) is 55.4 Å². The van der Waals surface area contributed by atoms with E-state index in [1.54, 1.807) is 13.8 Å². The fourth-order valence-electron chi connectivity index (χ4n) is 7.97. The van der Waals surface area contributed by atoms with Crippen LogP contribution in [0.5, 0.6) is 5.75 Å². The summed E-state index contributed by atoms with van der Waals surface area (Å²) in [5.41, 5.74) is -0.351. The zero-order valence-electron chi connectivity index (χ0n) is 23.5. The molecule has 2 aliphatic carbocycles. The van der Waals surface area contributed by atoms with E-state index in [9.17, 15) is 36.2 Å². The molecule has 10 heteroatoms. The number of likely N-dealkylation sites (tertiary alicyclic amines) is 1. The first-order valence-electron chi connectivity index (χ1n) is 14.8. The molecule has 0 spiro atoms. The predicted octanol–water partition coefficient (Wildman–Crippen LogP) is 8.10. The molecule has 42 heavy (non-hydrogen) atoms. The molecule has 2 unspecified atom stereocenters. The molecule has 6 rings (SSSR count). The average molecular weight is 596 g/mol. The Bertz CT molecular complexity index is 1350. The normalized spacial score (nSPS) is 28.2. The van der Waals surface area contributed by atoms with Crippen LogP contribution in [0.1, 0.15) is 85.7 Å². The summed E-state index contributed by atoms with van der Waals surface area (Å²) >= 11 is 0. The van der Waals surface area contributed by atoms with Crippen LogP contribution in [0.2, 0.25) is 0 Å². The van der Waals surface area contributed by atoms with E-state index >= 15 is 0 Å². The van der Waals surface area contributed by atoms with Crippen molar-refractivity contribution in [2.24, 2.45) is 23.7 Å². The maximum Gasteiger partial charge on any atom is 0.416 e. The molecule has 4 aliphatic rings. The van der Waals surface area contributed by atoms with Gasteiger partial charge < -0.3 is 9.84 Å². The van der Waals surface area contributed by atoms with E-state index < -0.39 is 41.4 Å². The molecule has 4 nitrogen and oxygen atoms in total. The number of hydrogen-bond acceptors (Lipinski definition) is 3. The predicted molar refractivity (Wildman–Crippen MR) is 143 cm³/mol. The van der Waals surface area contributed by atoms with Crippen LogP contribution in [-0.2, 0) is 23.6 Å². The SMILES string of the molecule is C[C@H](C(=O)O)[C@H](c1ccc2c(c1)OC(C1C[C@@H]3C[C@@H]1CN3[C@H](C)c1cc(C(F)(F)F)ccc1C(F)(F)F)CC2)C1CC1. The van der Waals surface area contributed by atoms with Gasteiger partial charge in [-0.1, -0.05) is 19.1 Å². The number of benzene rings is 2. The van der Waals surface area contributed by atoms with Gasteiger partial charge in [-0.25, -0.2) is 0 Å². The summed E-state index contributed by atoms with van der Waals surface area (Å²) in [4.78, 5) is 13.7. The Balaban J connectivity index is 1.18. The van der Waals surface area contributed by atoms with Gasteiger partial charge in [-0.05, 0) is 104 Å². The van der Waals surface area contributed by atoms with Gasteiger partial charge in [-0.2, -0.15) is 26.3 Å². The highest BCUT2D eigenvalue weighted by Gasteiger charge is 2.51. The molecular weight excluding hydrogens is 560 g/mol. The second kappa shape index (κ2) is 10.5. The first kappa shape index (κ1) is 29.3. The molecule has 2 aliphatic heterocycles. The van der Waals surface area contributed by atoms with Gasteiger partial charge in [0.25, 0.3) is 0 Å². The first-order chi connectivity index (χ1) is 19.7. The largest absolute Gasteiger partial charge is 0.490 e. The van der Waals surface area contributed by atoms with Crippen LogP contribution in [0.3, 0.4) is 0 Å². The van der Waals surface area contributed by atoms with Crippen molar-refractivity contribution in [1.82, 2.24) is 4.90 Å². The van der Waals surface area contributed by atoms with Gasteiger partial charge in [0, 0.05) is 24.5 Å². The fraction of sp³-hybridized carbons (Fsp3) is 0.594. The summed E-state index contributed by atoms with van der Waals surface area (Å²) in [6.45, 7) is 3.84. The second-order valence-corrected chi connectivity index (χ2v) is 12.8. The molecule has 2 saturated carbocycles. The molecule has 2 heterocycles. The number of rotatable bonds is 7. The number of carboxylic acid groups (broad SMARTS) is 1. The summed E-state index contributed by atoms with van der Waals surface area (Å²) in [6, 6.07) is 6.96. The Morgan fingerprint density at radius 1 is 0.976 bits per heavy atom. The second-order valence-electron chi connectivity index (χ2n) is 12.8. The lowest BCUT2D eigenvalue weighted by atomic mass is 9.81. The lowest BCUT2D eigenvalue weighted by Crippen LogP contribution is -2.43. The van der Waals surface area contributed by atoms with Crippen molar-refractivity contribution in [2.75, 3.05) is 6.54 Å². The standard InChI is InChI=1S/C32H35F6NO3/c1-16(30(40)41)29(19-4-5-19)20-6-3-18-7-10-27(42-28(18)12-20)25-14-23-11-21(25)15-39(23)17(2)24-13-22(31(33,34)35)8-9-26(24)32(36,37)38/h3,6,8-9,12-13,16-17,19,21,23,25,27,29H,4-5,7,10-11,14-15H2,1-2H3,(H,40,41)/t16-,17+,21+,23-,25?,27?,29-/m0/s1. The van der Waals surface area contributed by atoms with Gasteiger partial charge in [-0.3, -0.25) is 9.69 Å². The van der Waals surface area contributed by atoms with E-state index in [1.807, 2.05) is 23.1 Å². The molecule has 1 N–H and O–H groups in total. The lowest BCUT2D eigenvalue weighted by molar-refractivity contribution is -0.142. The van der Waals surface area contributed by atoms with Crippen molar-refractivity contribution in [1.29, 1.82) is 0 Å². The monoisotopic (exact) mass is 595 g/mol. The topological polar surface area (TPSA) is 49.8 Å². The zero-order valence-corrected chi connectivity index (χ0v) is 23.5. The van der Waals surface area contributed by atoms with E-state index in [1.165, 1.54) is 0 Å². The van der Waals surface area contributed by atoms with Crippen molar-refractivity contribution in [3.8, 4) is 5.75 Å². The number of ether oxygens (including phenoxy) is 1. The number of hydrogen-bond donors (Lipinski definition) is 1. The smallest absolute Gasteiger partial charge is 0.416 e. The van der Waals surface area contributed by atoms with Gasteiger partial charge >= 0.3 is 18.3 Å². The van der Waals surface area contributed by atoms with Crippen LogP contribution in [0.4, 0.5) is 26.3 Å². The number of aryl methyl sites for hydroxylation is 1. The third-order valence-electron chi connectivity index (χ3n) is 10.3. The fourth-order valence-corrected chi connectivity index (χ4v) is 7.97. The van der Waals surface area contributed by atoms with E-state index in [0.29, 0.717) is 30.7 Å². The highest BCUT2D eigenvalue weighted by atomic mass is 19.4.